The lowest BCUT2D eigenvalue weighted by molar-refractivity contribution is 0.691. The quantitative estimate of drug-likeness (QED) is 0.724. The molecule has 0 bridgehead atoms. The van der Waals surface area contributed by atoms with Crippen molar-refractivity contribution in [3.8, 4) is 5.69 Å². The maximum Gasteiger partial charge on any atom is 0.336 e. The fourth-order valence-electron chi connectivity index (χ4n) is 2.65. The maximum atomic E-state index is 12.7. The Balaban J connectivity index is 2.53. The standard InChI is InChI=1S/C17H16N2O2/c1-3-18-15-11-7-5-9-13(15)16(20)19(17(18)21)14-10-6-4-8-12(14)2/h4-11H,3H2,1-2H3. The van der Waals surface area contributed by atoms with E-state index in [0.29, 0.717) is 23.1 Å². The third-order valence-corrected chi connectivity index (χ3v) is 3.72. The molecule has 0 aliphatic heterocycles. The van der Waals surface area contributed by atoms with E-state index in [0.717, 1.165) is 5.56 Å². The highest BCUT2D eigenvalue weighted by atomic mass is 16.2. The van der Waals surface area contributed by atoms with Gasteiger partial charge in [-0.25, -0.2) is 9.36 Å². The van der Waals surface area contributed by atoms with E-state index in [1.165, 1.54) is 4.57 Å². The fourth-order valence-corrected chi connectivity index (χ4v) is 2.65. The van der Waals surface area contributed by atoms with E-state index in [1.807, 2.05) is 50.2 Å². The highest BCUT2D eigenvalue weighted by molar-refractivity contribution is 5.78. The molecule has 0 unspecified atom stereocenters. The van der Waals surface area contributed by atoms with Crippen molar-refractivity contribution in [2.45, 2.75) is 20.4 Å². The number of hydrogen-bond donors (Lipinski definition) is 0. The van der Waals surface area contributed by atoms with Gasteiger partial charge in [0.2, 0.25) is 0 Å². The maximum absolute atomic E-state index is 12.7. The summed E-state index contributed by atoms with van der Waals surface area (Å²) in [7, 11) is 0. The molecule has 0 fully saturated rings. The molecular weight excluding hydrogens is 264 g/mol. The second-order valence-corrected chi connectivity index (χ2v) is 4.97. The van der Waals surface area contributed by atoms with Crippen LogP contribution in [0.25, 0.3) is 16.6 Å². The molecule has 0 saturated heterocycles. The van der Waals surface area contributed by atoms with Crippen molar-refractivity contribution < 1.29 is 0 Å². The molecule has 0 spiro atoms. The number of nitrogens with zero attached hydrogens (tertiary/aromatic N) is 2. The number of rotatable bonds is 2. The van der Waals surface area contributed by atoms with E-state index in [4.69, 9.17) is 0 Å². The first-order valence-corrected chi connectivity index (χ1v) is 6.95. The molecule has 1 heterocycles. The largest absolute Gasteiger partial charge is 0.336 e. The molecule has 0 aliphatic carbocycles. The number of aromatic nitrogens is 2. The summed E-state index contributed by atoms with van der Waals surface area (Å²) >= 11 is 0. The molecule has 4 heteroatoms. The first-order valence-electron chi connectivity index (χ1n) is 6.95. The highest BCUT2D eigenvalue weighted by Gasteiger charge is 2.14. The Morgan fingerprint density at radius 1 is 0.952 bits per heavy atom. The van der Waals surface area contributed by atoms with Crippen LogP contribution in [0.5, 0.6) is 0 Å². The van der Waals surface area contributed by atoms with Crippen molar-refractivity contribution in [2.24, 2.45) is 0 Å². The number of fused-ring (bicyclic) bond motifs is 1. The van der Waals surface area contributed by atoms with Gasteiger partial charge in [-0.1, -0.05) is 30.3 Å². The van der Waals surface area contributed by atoms with Crippen LogP contribution in [0.1, 0.15) is 12.5 Å². The summed E-state index contributed by atoms with van der Waals surface area (Å²) in [5.41, 5.74) is 1.65. The Morgan fingerprint density at radius 2 is 1.62 bits per heavy atom. The number of aryl methyl sites for hydroxylation is 2. The predicted octanol–water partition coefficient (Wildman–Crippen LogP) is 2.48. The third-order valence-electron chi connectivity index (χ3n) is 3.72. The molecule has 4 nitrogen and oxygen atoms in total. The topological polar surface area (TPSA) is 44.0 Å². The summed E-state index contributed by atoms with van der Waals surface area (Å²) in [6.07, 6.45) is 0. The minimum absolute atomic E-state index is 0.269. The molecule has 0 aliphatic rings. The third kappa shape index (κ3) is 2.00. The first kappa shape index (κ1) is 13.4. The van der Waals surface area contributed by atoms with Crippen LogP contribution in [0.3, 0.4) is 0 Å². The van der Waals surface area contributed by atoms with Gasteiger partial charge >= 0.3 is 5.69 Å². The lowest BCUT2D eigenvalue weighted by Crippen LogP contribution is -2.39. The van der Waals surface area contributed by atoms with Crippen LogP contribution in [0.2, 0.25) is 0 Å². The van der Waals surface area contributed by atoms with Crippen LogP contribution in [-0.4, -0.2) is 9.13 Å². The molecule has 106 valence electrons. The van der Waals surface area contributed by atoms with Crippen LogP contribution in [0.4, 0.5) is 0 Å². The van der Waals surface area contributed by atoms with Crippen LogP contribution >= 0.6 is 0 Å². The zero-order valence-corrected chi connectivity index (χ0v) is 12.0. The number of hydrogen-bond acceptors (Lipinski definition) is 2. The van der Waals surface area contributed by atoms with Gasteiger partial charge in [-0.2, -0.15) is 0 Å². The number of para-hydroxylation sites is 2. The van der Waals surface area contributed by atoms with Crippen LogP contribution < -0.4 is 11.2 Å². The Kier molecular flexibility index (Phi) is 3.22. The lowest BCUT2D eigenvalue weighted by Gasteiger charge is -2.13. The molecule has 0 radical (unpaired) electrons. The summed E-state index contributed by atoms with van der Waals surface area (Å²) in [5.74, 6) is 0. The minimum Gasteiger partial charge on any atom is -0.293 e. The van der Waals surface area contributed by atoms with Crippen molar-refractivity contribution in [3.05, 3.63) is 74.9 Å². The molecular formula is C17H16N2O2. The van der Waals surface area contributed by atoms with Crippen LogP contribution in [0.15, 0.2) is 58.1 Å². The zero-order chi connectivity index (χ0) is 15.0. The molecule has 21 heavy (non-hydrogen) atoms. The summed E-state index contributed by atoms with van der Waals surface area (Å²) in [6.45, 7) is 4.32. The van der Waals surface area contributed by atoms with E-state index in [-0.39, 0.29) is 11.2 Å². The summed E-state index contributed by atoms with van der Waals surface area (Å²) in [4.78, 5) is 25.4. The average Bonchev–Trinajstić information content (AvgIpc) is 2.50. The first-order chi connectivity index (χ1) is 10.1. The molecule has 0 amide bonds. The average molecular weight is 280 g/mol. The normalized spacial score (nSPS) is 11.0. The van der Waals surface area contributed by atoms with Gasteiger partial charge < -0.3 is 0 Å². The highest BCUT2D eigenvalue weighted by Crippen LogP contribution is 2.12. The van der Waals surface area contributed by atoms with E-state index < -0.39 is 0 Å². The van der Waals surface area contributed by atoms with Gasteiger partial charge in [-0.3, -0.25) is 9.36 Å². The van der Waals surface area contributed by atoms with E-state index in [9.17, 15) is 9.59 Å². The van der Waals surface area contributed by atoms with Crippen molar-refractivity contribution >= 4 is 10.9 Å². The van der Waals surface area contributed by atoms with Gasteiger partial charge in [0.15, 0.2) is 0 Å². The second kappa shape index (κ2) is 5.05. The monoisotopic (exact) mass is 280 g/mol. The Morgan fingerprint density at radius 3 is 2.33 bits per heavy atom. The van der Waals surface area contributed by atoms with Crippen molar-refractivity contribution in [3.63, 3.8) is 0 Å². The fraction of sp³-hybridized carbons (Fsp3) is 0.176. The van der Waals surface area contributed by atoms with E-state index >= 15 is 0 Å². The lowest BCUT2D eigenvalue weighted by atomic mass is 10.2. The second-order valence-electron chi connectivity index (χ2n) is 4.97. The Labute approximate surface area is 121 Å². The SMILES string of the molecule is CCn1c(=O)n(-c2ccccc2C)c(=O)c2ccccc21. The molecule has 0 saturated carbocycles. The predicted molar refractivity (Wildman–Crippen MR) is 84.2 cm³/mol. The smallest absolute Gasteiger partial charge is 0.293 e. The van der Waals surface area contributed by atoms with Crippen molar-refractivity contribution in [2.75, 3.05) is 0 Å². The van der Waals surface area contributed by atoms with Gasteiger partial charge in [0, 0.05) is 6.54 Å². The minimum atomic E-state index is -0.296. The van der Waals surface area contributed by atoms with E-state index in [2.05, 4.69) is 0 Å². The molecule has 2 aromatic carbocycles. The van der Waals surface area contributed by atoms with Gasteiger partial charge in [0.1, 0.15) is 0 Å². The molecule has 3 rings (SSSR count). The molecule has 3 aromatic rings. The van der Waals surface area contributed by atoms with Gasteiger partial charge in [0.05, 0.1) is 16.6 Å². The van der Waals surface area contributed by atoms with Crippen LogP contribution in [-0.2, 0) is 6.54 Å². The van der Waals surface area contributed by atoms with Gasteiger partial charge in [-0.05, 0) is 37.6 Å². The van der Waals surface area contributed by atoms with Gasteiger partial charge in [0.25, 0.3) is 5.56 Å². The van der Waals surface area contributed by atoms with E-state index in [1.54, 1.807) is 16.7 Å². The molecule has 0 N–H and O–H groups in total. The summed E-state index contributed by atoms with van der Waals surface area (Å²) < 4.78 is 2.89. The van der Waals surface area contributed by atoms with Crippen molar-refractivity contribution in [1.29, 1.82) is 0 Å². The number of benzene rings is 2. The Bertz CT molecular complexity index is 935. The Hall–Kier alpha value is -2.62. The zero-order valence-electron chi connectivity index (χ0n) is 12.0. The van der Waals surface area contributed by atoms with Crippen LogP contribution in [0, 0.1) is 6.92 Å². The summed E-state index contributed by atoms with van der Waals surface area (Å²) in [6, 6.07) is 14.6. The van der Waals surface area contributed by atoms with Gasteiger partial charge in [-0.15, -0.1) is 0 Å². The van der Waals surface area contributed by atoms with Crippen molar-refractivity contribution in [1.82, 2.24) is 9.13 Å². The molecule has 0 atom stereocenters. The molecule has 1 aromatic heterocycles. The summed E-state index contributed by atoms with van der Waals surface area (Å²) in [5, 5.41) is 0.558.